The van der Waals surface area contributed by atoms with Crippen LogP contribution in [0.3, 0.4) is 0 Å². The van der Waals surface area contributed by atoms with Crippen LogP contribution in [-0.4, -0.2) is 36.1 Å². The van der Waals surface area contributed by atoms with Gasteiger partial charge in [0.05, 0.1) is 22.9 Å². The standard InChI is InChI=1S/C22H27ClN4O4S/c1-13-7-15(10-22(2,3)9-13)24-20(28)21(29)25-19-17-11-32(30,31)12-18(17)26-27(19)16-6-4-5-14(23)8-16/h4-6,8,13,15H,7,9-12H2,1-3H3,(H,24,28)(H,25,29). The zero-order chi connectivity index (χ0) is 23.3. The molecule has 1 saturated carbocycles. The Bertz CT molecular complexity index is 1190. The van der Waals surface area contributed by atoms with Crippen molar-refractivity contribution in [1.82, 2.24) is 15.1 Å². The van der Waals surface area contributed by atoms with E-state index in [0.29, 0.717) is 27.9 Å². The first-order chi connectivity index (χ1) is 14.9. The van der Waals surface area contributed by atoms with Gasteiger partial charge < -0.3 is 10.6 Å². The number of halogens is 1. The lowest BCUT2D eigenvalue weighted by atomic mass is 9.70. The molecular weight excluding hydrogens is 452 g/mol. The summed E-state index contributed by atoms with van der Waals surface area (Å²) in [5.41, 5.74) is 1.41. The van der Waals surface area contributed by atoms with E-state index in [1.807, 2.05) is 0 Å². The van der Waals surface area contributed by atoms with Crippen LogP contribution in [0.1, 0.15) is 51.3 Å². The van der Waals surface area contributed by atoms with E-state index >= 15 is 0 Å². The van der Waals surface area contributed by atoms with Gasteiger partial charge in [-0.05, 0) is 48.8 Å². The summed E-state index contributed by atoms with van der Waals surface area (Å²) < 4.78 is 25.7. The van der Waals surface area contributed by atoms with Crippen molar-refractivity contribution >= 4 is 39.1 Å². The molecule has 1 aliphatic carbocycles. The molecule has 1 aromatic carbocycles. The van der Waals surface area contributed by atoms with Gasteiger partial charge in [0, 0.05) is 16.6 Å². The quantitative estimate of drug-likeness (QED) is 0.658. The Morgan fingerprint density at radius 2 is 1.94 bits per heavy atom. The highest BCUT2D eigenvalue weighted by Crippen LogP contribution is 2.38. The number of benzene rings is 1. The molecule has 2 aromatic rings. The van der Waals surface area contributed by atoms with Crippen molar-refractivity contribution < 1.29 is 18.0 Å². The molecule has 0 bridgehead atoms. The minimum atomic E-state index is -3.34. The summed E-state index contributed by atoms with van der Waals surface area (Å²) in [6, 6.07) is 6.73. The number of hydrogen-bond acceptors (Lipinski definition) is 5. The van der Waals surface area contributed by atoms with Crippen LogP contribution in [0, 0.1) is 11.3 Å². The van der Waals surface area contributed by atoms with E-state index in [9.17, 15) is 18.0 Å². The van der Waals surface area contributed by atoms with Gasteiger partial charge in [0.2, 0.25) is 0 Å². The number of rotatable bonds is 3. The Kier molecular flexibility index (Phi) is 5.83. The fourth-order valence-electron chi connectivity index (χ4n) is 5.04. The Hall–Kier alpha value is -2.39. The summed E-state index contributed by atoms with van der Waals surface area (Å²) in [6.45, 7) is 6.47. The summed E-state index contributed by atoms with van der Waals surface area (Å²) in [5.74, 6) is -1.41. The average molecular weight is 479 g/mol. The van der Waals surface area contributed by atoms with Crippen molar-refractivity contribution in [3.63, 3.8) is 0 Å². The summed E-state index contributed by atoms with van der Waals surface area (Å²) in [7, 11) is -3.34. The third-order valence-electron chi connectivity index (χ3n) is 6.00. The van der Waals surface area contributed by atoms with Gasteiger partial charge in [0.25, 0.3) is 0 Å². The van der Waals surface area contributed by atoms with Crippen molar-refractivity contribution in [2.45, 2.75) is 57.6 Å². The van der Waals surface area contributed by atoms with E-state index in [4.69, 9.17) is 11.6 Å². The molecule has 0 spiro atoms. The van der Waals surface area contributed by atoms with Crippen LogP contribution in [0.4, 0.5) is 5.82 Å². The number of nitrogens with one attached hydrogen (secondary N) is 2. The second kappa shape index (κ2) is 8.19. The number of fused-ring (bicyclic) bond motifs is 1. The van der Waals surface area contributed by atoms with Crippen LogP contribution < -0.4 is 10.6 Å². The number of hydrogen-bond donors (Lipinski definition) is 2. The van der Waals surface area contributed by atoms with E-state index in [1.165, 1.54) is 4.68 Å². The molecule has 2 atom stereocenters. The maximum atomic E-state index is 12.8. The summed E-state index contributed by atoms with van der Waals surface area (Å²) in [4.78, 5) is 25.5. The number of aromatic nitrogens is 2. The number of carbonyl (C=O) groups excluding carboxylic acids is 2. The van der Waals surface area contributed by atoms with Crippen LogP contribution in [0.25, 0.3) is 5.69 Å². The predicted octanol–water partition coefficient (Wildman–Crippen LogP) is 3.22. The van der Waals surface area contributed by atoms with Gasteiger partial charge in [0.1, 0.15) is 5.82 Å². The maximum Gasteiger partial charge on any atom is 0.314 e. The van der Waals surface area contributed by atoms with Crippen molar-refractivity contribution in [2.24, 2.45) is 11.3 Å². The molecule has 2 heterocycles. The highest BCUT2D eigenvalue weighted by molar-refractivity contribution is 7.90. The lowest BCUT2D eigenvalue weighted by molar-refractivity contribution is -0.137. The van der Waals surface area contributed by atoms with Gasteiger partial charge in [0.15, 0.2) is 9.84 Å². The molecule has 32 heavy (non-hydrogen) atoms. The van der Waals surface area contributed by atoms with E-state index < -0.39 is 21.7 Å². The molecule has 2 aliphatic rings. The van der Waals surface area contributed by atoms with Gasteiger partial charge in [-0.3, -0.25) is 9.59 Å². The molecule has 2 unspecified atom stereocenters. The van der Waals surface area contributed by atoms with Gasteiger partial charge in [-0.1, -0.05) is 38.4 Å². The normalized spacial score (nSPS) is 23.4. The van der Waals surface area contributed by atoms with Gasteiger partial charge in [-0.2, -0.15) is 5.10 Å². The molecule has 10 heteroatoms. The van der Waals surface area contributed by atoms with E-state index in [2.05, 4.69) is 36.5 Å². The third-order valence-corrected chi connectivity index (χ3v) is 7.68. The van der Waals surface area contributed by atoms with Gasteiger partial charge >= 0.3 is 11.8 Å². The molecule has 4 rings (SSSR count). The van der Waals surface area contributed by atoms with Crippen LogP contribution >= 0.6 is 11.6 Å². The molecule has 1 aromatic heterocycles. The van der Waals surface area contributed by atoms with Gasteiger partial charge in [-0.15, -0.1) is 0 Å². The average Bonchev–Trinajstić information content (AvgIpc) is 3.12. The minimum Gasteiger partial charge on any atom is -0.345 e. The van der Waals surface area contributed by atoms with E-state index in [1.54, 1.807) is 24.3 Å². The fourth-order valence-corrected chi connectivity index (χ4v) is 6.72. The Labute approximate surface area is 192 Å². The number of anilines is 1. The Morgan fingerprint density at radius 1 is 1.19 bits per heavy atom. The first-order valence-electron chi connectivity index (χ1n) is 10.6. The second-order valence-electron chi connectivity index (χ2n) is 9.74. The lowest BCUT2D eigenvalue weighted by Crippen LogP contribution is -2.46. The molecule has 1 fully saturated rings. The fraction of sp³-hybridized carbons (Fsp3) is 0.500. The summed E-state index contributed by atoms with van der Waals surface area (Å²) in [6.07, 6.45) is 2.69. The Morgan fingerprint density at radius 3 is 2.62 bits per heavy atom. The molecule has 1 aliphatic heterocycles. The van der Waals surface area contributed by atoms with Crippen LogP contribution in [0.15, 0.2) is 24.3 Å². The largest absolute Gasteiger partial charge is 0.345 e. The van der Waals surface area contributed by atoms with Gasteiger partial charge in [-0.25, -0.2) is 13.1 Å². The summed E-state index contributed by atoms with van der Waals surface area (Å²) >= 11 is 6.10. The highest BCUT2D eigenvalue weighted by atomic mass is 35.5. The lowest BCUT2D eigenvalue weighted by Gasteiger charge is -2.39. The van der Waals surface area contributed by atoms with E-state index in [0.717, 1.165) is 19.3 Å². The van der Waals surface area contributed by atoms with Crippen LogP contribution in [0.2, 0.25) is 5.02 Å². The number of carbonyl (C=O) groups is 2. The Balaban J connectivity index is 1.58. The molecule has 8 nitrogen and oxygen atoms in total. The SMILES string of the molecule is CC1CC(NC(=O)C(=O)Nc2c3c(nn2-c2cccc(Cl)c2)CS(=O)(=O)C3)CC(C)(C)C1. The number of nitrogens with zero attached hydrogens (tertiary/aromatic N) is 2. The van der Waals surface area contributed by atoms with Crippen LogP contribution in [-0.2, 0) is 30.9 Å². The number of sulfone groups is 1. The van der Waals surface area contributed by atoms with Crippen molar-refractivity contribution in [2.75, 3.05) is 5.32 Å². The van der Waals surface area contributed by atoms with Crippen molar-refractivity contribution in [3.8, 4) is 5.69 Å². The molecule has 172 valence electrons. The summed E-state index contributed by atoms with van der Waals surface area (Å²) in [5, 5.41) is 10.3. The first-order valence-corrected chi connectivity index (χ1v) is 12.8. The molecule has 2 N–H and O–H groups in total. The van der Waals surface area contributed by atoms with Crippen molar-refractivity contribution in [3.05, 3.63) is 40.5 Å². The van der Waals surface area contributed by atoms with E-state index in [-0.39, 0.29) is 28.8 Å². The molecular formula is C22H27ClN4O4S. The zero-order valence-electron chi connectivity index (χ0n) is 18.3. The monoisotopic (exact) mass is 478 g/mol. The maximum absolute atomic E-state index is 12.8. The van der Waals surface area contributed by atoms with Crippen LogP contribution in [0.5, 0.6) is 0 Å². The van der Waals surface area contributed by atoms with Crippen molar-refractivity contribution in [1.29, 1.82) is 0 Å². The third kappa shape index (κ3) is 4.83. The zero-order valence-corrected chi connectivity index (χ0v) is 19.9. The smallest absolute Gasteiger partial charge is 0.314 e. The molecule has 2 amide bonds. The molecule has 0 saturated heterocycles. The topological polar surface area (TPSA) is 110 Å². The predicted molar refractivity (Wildman–Crippen MR) is 122 cm³/mol. The number of amides is 2. The molecule has 0 radical (unpaired) electrons. The first kappa shape index (κ1) is 22.8. The highest BCUT2D eigenvalue weighted by Gasteiger charge is 2.36. The second-order valence-corrected chi connectivity index (χ2v) is 12.2. The minimum absolute atomic E-state index is 0.0871.